The van der Waals surface area contributed by atoms with Gasteiger partial charge in [-0.15, -0.1) is 6.58 Å². The molecule has 1 fully saturated rings. The van der Waals surface area contributed by atoms with Crippen molar-refractivity contribution in [3.8, 4) is 0 Å². The molecule has 0 heterocycles. The maximum Gasteiger partial charge on any atom is 0.245 e. The summed E-state index contributed by atoms with van der Waals surface area (Å²) in [5.41, 5.74) is 0. The van der Waals surface area contributed by atoms with Crippen LogP contribution in [0.2, 0.25) is 0 Å². The molecule has 0 aromatic heterocycles. The fourth-order valence-corrected chi connectivity index (χ4v) is 5.10. The van der Waals surface area contributed by atoms with Gasteiger partial charge in [-0.1, -0.05) is 18.2 Å². The second-order valence-electron chi connectivity index (χ2n) is 7.51. The highest BCUT2D eigenvalue weighted by Gasteiger charge is 2.33. The van der Waals surface area contributed by atoms with E-state index < -0.39 is 15.8 Å². The van der Waals surface area contributed by atoms with Crippen LogP contribution >= 0.6 is 0 Å². The van der Waals surface area contributed by atoms with Crippen molar-refractivity contribution in [1.82, 2.24) is 9.21 Å². The van der Waals surface area contributed by atoms with Crippen LogP contribution in [0.5, 0.6) is 0 Å². The minimum absolute atomic E-state index is 0.114. The molecule has 0 spiro atoms. The lowest BCUT2D eigenvalue weighted by Crippen LogP contribution is -2.41. The fraction of sp³-hybridized carbons (Fsp3) is 0.619. The predicted octanol–water partition coefficient (Wildman–Crippen LogP) is 3.67. The first kappa shape index (κ1) is 23.0. The Bertz CT molecular complexity index is 718. The Hall–Kier alpha value is -1.28. The van der Waals surface area contributed by atoms with Crippen molar-refractivity contribution >= 4 is 10.0 Å². The molecule has 1 aromatic carbocycles. The third-order valence-electron chi connectivity index (χ3n) is 5.38. The van der Waals surface area contributed by atoms with Crippen LogP contribution in [0, 0.1) is 5.82 Å². The topological polar surface area (TPSA) is 49.9 Å². The SMILES string of the molecule is C=CCN(C)CCCCO[C@H]1CC[C@H](N(C)S(=O)(=O)c2ccccc2F)CC1. The molecule has 1 saturated carbocycles. The molecule has 0 unspecified atom stereocenters. The Morgan fingerprint density at radius 1 is 1.18 bits per heavy atom. The molecule has 0 amide bonds. The predicted molar refractivity (Wildman–Crippen MR) is 110 cm³/mol. The van der Waals surface area contributed by atoms with E-state index in [4.69, 9.17) is 4.74 Å². The van der Waals surface area contributed by atoms with Gasteiger partial charge in [-0.05, 0) is 64.3 Å². The van der Waals surface area contributed by atoms with E-state index in [9.17, 15) is 12.8 Å². The molecule has 0 radical (unpaired) electrons. The number of hydrogen-bond acceptors (Lipinski definition) is 4. The van der Waals surface area contributed by atoms with Gasteiger partial charge in [0.2, 0.25) is 10.0 Å². The Morgan fingerprint density at radius 3 is 2.50 bits per heavy atom. The average molecular weight is 413 g/mol. The van der Waals surface area contributed by atoms with Gasteiger partial charge in [-0.25, -0.2) is 12.8 Å². The lowest BCUT2D eigenvalue weighted by atomic mass is 9.93. The van der Waals surface area contributed by atoms with Crippen LogP contribution in [0.1, 0.15) is 38.5 Å². The van der Waals surface area contributed by atoms with E-state index in [0.29, 0.717) is 0 Å². The Kier molecular flexibility index (Phi) is 9.08. The molecule has 1 aromatic rings. The summed E-state index contributed by atoms with van der Waals surface area (Å²) in [5.74, 6) is -0.704. The van der Waals surface area contributed by atoms with Crippen molar-refractivity contribution in [2.45, 2.75) is 55.6 Å². The molecule has 1 aliphatic rings. The third-order valence-corrected chi connectivity index (χ3v) is 7.32. The summed E-state index contributed by atoms with van der Waals surface area (Å²) in [6.45, 7) is 6.40. The first-order valence-electron chi connectivity index (χ1n) is 10.00. The van der Waals surface area contributed by atoms with Gasteiger partial charge in [0.1, 0.15) is 10.7 Å². The Balaban J connectivity index is 1.74. The minimum Gasteiger partial charge on any atom is -0.378 e. The van der Waals surface area contributed by atoms with Crippen molar-refractivity contribution in [3.63, 3.8) is 0 Å². The first-order chi connectivity index (χ1) is 13.4. The molecule has 7 heteroatoms. The maximum absolute atomic E-state index is 13.9. The van der Waals surface area contributed by atoms with Crippen molar-refractivity contribution in [1.29, 1.82) is 0 Å². The second kappa shape index (κ2) is 11.0. The number of ether oxygens (including phenoxy) is 1. The molecular weight excluding hydrogens is 379 g/mol. The Morgan fingerprint density at radius 2 is 1.86 bits per heavy atom. The number of benzene rings is 1. The second-order valence-corrected chi connectivity index (χ2v) is 9.48. The van der Waals surface area contributed by atoms with E-state index in [1.54, 1.807) is 13.1 Å². The highest BCUT2D eigenvalue weighted by molar-refractivity contribution is 7.89. The van der Waals surface area contributed by atoms with Crippen molar-refractivity contribution in [2.75, 3.05) is 33.8 Å². The monoisotopic (exact) mass is 412 g/mol. The van der Waals surface area contributed by atoms with Crippen LogP contribution in [0.3, 0.4) is 0 Å². The highest BCUT2D eigenvalue weighted by atomic mass is 32.2. The first-order valence-corrected chi connectivity index (χ1v) is 11.4. The molecule has 0 aliphatic heterocycles. The molecule has 0 atom stereocenters. The number of nitrogens with zero attached hydrogens (tertiary/aromatic N) is 2. The summed E-state index contributed by atoms with van der Waals surface area (Å²) in [6, 6.07) is 5.43. The van der Waals surface area contributed by atoms with Crippen LogP contribution in [-0.2, 0) is 14.8 Å². The Labute approximate surface area is 169 Å². The number of sulfonamides is 1. The molecule has 1 aliphatic carbocycles. The quantitative estimate of drug-likeness (QED) is 0.411. The molecule has 2 rings (SSSR count). The van der Waals surface area contributed by atoms with Crippen LogP contribution < -0.4 is 0 Å². The van der Waals surface area contributed by atoms with Crippen LogP contribution in [0.25, 0.3) is 0 Å². The van der Waals surface area contributed by atoms with Gasteiger partial charge in [0.05, 0.1) is 6.10 Å². The summed E-state index contributed by atoms with van der Waals surface area (Å²) in [4.78, 5) is 1.97. The number of unbranched alkanes of at least 4 members (excludes halogenated alkanes) is 1. The van der Waals surface area contributed by atoms with Crippen molar-refractivity contribution < 1.29 is 17.5 Å². The lowest BCUT2D eigenvalue weighted by molar-refractivity contribution is 0.0153. The smallest absolute Gasteiger partial charge is 0.245 e. The summed E-state index contributed by atoms with van der Waals surface area (Å²) in [7, 11) is -0.190. The number of rotatable bonds is 11. The zero-order chi connectivity index (χ0) is 20.6. The molecular formula is C21H33FN2O3S. The minimum atomic E-state index is -3.82. The molecule has 0 saturated heterocycles. The van der Waals surface area contributed by atoms with E-state index in [1.165, 1.54) is 22.5 Å². The van der Waals surface area contributed by atoms with E-state index in [1.807, 2.05) is 6.08 Å². The van der Waals surface area contributed by atoms with Crippen LogP contribution in [-0.4, -0.2) is 63.6 Å². The summed E-state index contributed by atoms with van der Waals surface area (Å²) >= 11 is 0. The van der Waals surface area contributed by atoms with Gasteiger partial charge in [-0.3, -0.25) is 0 Å². The summed E-state index contributed by atoms with van der Waals surface area (Å²) < 4.78 is 46.7. The fourth-order valence-electron chi connectivity index (χ4n) is 3.63. The summed E-state index contributed by atoms with van der Waals surface area (Å²) in [6.07, 6.45) is 7.32. The van der Waals surface area contributed by atoms with Gasteiger partial charge >= 0.3 is 0 Å². The van der Waals surface area contributed by atoms with Crippen molar-refractivity contribution in [3.05, 3.63) is 42.7 Å². The average Bonchev–Trinajstić information content (AvgIpc) is 2.68. The molecule has 158 valence electrons. The van der Waals surface area contributed by atoms with E-state index >= 15 is 0 Å². The largest absolute Gasteiger partial charge is 0.378 e. The normalized spacial score (nSPS) is 20.6. The molecule has 0 N–H and O–H groups in total. The highest BCUT2D eigenvalue weighted by Crippen LogP contribution is 2.29. The number of halogens is 1. The molecule has 0 bridgehead atoms. The van der Waals surface area contributed by atoms with Gasteiger partial charge in [0.15, 0.2) is 0 Å². The maximum atomic E-state index is 13.9. The van der Waals surface area contributed by atoms with Gasteiger partial charge in [-0.2, -0.15) is 4.31 Å². The standard InChI is InChI=1S/C21H33FN2O3S/c1-4-15-23(2)16-7-8-17-27-19-13-11-18(12-14-19)24(3)28(25,26)21-10-6-5-9-20(21)22/h4-6,9-10,18-19H,1,7-8,11-17H2,2-3H3/t18-,19-. The van der Waals surface area contributed by atoms with Gasteiger partial charge in [0, 0.05) is 26.2 Å². The zero-order valence-electron chi connectivity index (χ0n) is 17.0. The summed E-state index contributed by atoms with van der Waals surface area (Å²) in [5, 5.41) is 0. The van der Waals surface area contributed by atoms with Gasteiger partial charge < -0.3 is 9.64 Å². The van der Waals surface area contributed by atoms with Crippen molar-refractivity contribution in [2.24, 2.45) is 0 Å². The van der Waals surface area contributed by atoms with Crippen LogP contribution in [0.4, 0.5) is 4.39 Å². The van der Waals surface area contributed by atoms with Crippen LogP contribution in [0.15, 0.2) is 41.8 Å². The number of likely N-dealkylation sites (N-methyl/N-ethyl adjacent to an activating group) is 1. The zero-order valence-corrected chi connectivity index (χ0v) is 17.8. The number of hydrogen-bond donors (Lipinski definition) is 0. The third kappa shape index (κ3) is 6.37. The van der Waals surface area contributed by atoms with E-state index in [0.717, 1.165) is 58.2 Å². The van der Waals surface area contributed by atoms with E-state index in [-0.39, 0.29) is 17.0 Å². The van der Waals surface area contributed by atoms with Gasteiger partial charge in [0.25, 0.3) is 0 Å². The molecule has 28 heavy (non-hydrogen) atoms. The van der Waals surface area contributed by atoms with E-state index in [2.05, 4.69) is 18.5 Å². The molecule has 5 nitrogen and oxygen atoms in total. The lowest BCUT2D eigenvalue weighted by Gasteiger charge is -2.34.